The van der Waals surface area contributed by atoms with Gasteiger partial charge >= 0.3 is 12.2 Å². The van der Waals surface area contributed by atoms with Gasteiger partial charge in [-0.15, -0.1) is 0 Å². The van der Waals surface area contributed by atoms with Gasteiger partial charge in [-0.3, -0.25) is 20.2 Å². The molecule has 39 heteroatoms. The van der Waals surface area contributed by atoms with Crippen molar-refractivity contribution < 1.29 is 57.1 Å². The highest BCUT2D eigenvalue weighted by atomic mass is 35.5. The Kier molecular flexibility index (Phi) is 40.4. The molecule has 0 bridgehead atoms. The zero-order chi connectivity index (χ0) is 94.4. The zero-order valence-electron chi connectivity index (χ0n) is 73.3. The molecule has 5 aromatic heterocycles. The molecule has 0 radical (unpaired) electrons. The number of hydrogen-bond donors (Lipinski definition) is 12. The van der Waals surface area contributed by atoms with Crippen molar-refractivity contribution in [3.63, 3.8) is 0 Å². The lowest BCUT2D eigenvalue weighted by Gasteiger charge is -2.19. The molecule has 128 heavy (non-hydrogen) atoms. The van der Waals surface area contributed by atoms with Crippen LogP contribution >= 0.6 is 58.0 Å². The minimum absolute atomic E-state index is 0.168. The van der Waals surface area contributed by atoms with Gasteiger partial charge in [0.2, 0.25) is 50.4 Å². The third kappa shape index (κ3) is 35.3. The summed E-state index contributed by atoms with van der Waals surface area (Å²) in [6.45, 7) is 27.1. The van der Waals surface area contributed by atoms with Gasteiger partial charge in [0.25, 0.3) is 0 Å². The summed E-state index contributed by atoms with van der Waals surface area (Å²) in [4.78, 5) is 86.4. The van der Waals surface area contributed by atoms with E-state index in [9.17, 15) is 19.2 Å². The number of benzene rings is 7. The first-order chi connectivity index (χ1) is 60.7. The number of methoxy groups -OCH3 is 6. The maximum atomic E-state index is 11.8. The number of carbonyl (C=O) groups is 4. The van der Waals surface area contributed by atoms with E-state index in [-0.39, 0.29) is 32.9 Å². The zero-order valence-corrected chi connectivity index (χ0v) is 77.1. The first kappa shape index (κ1) is 102. The van der Waals surface area contributed by atoms with E-state index < -0.39 is 23.4 Å². The van der Waals surface area contributed by atoms with Crippen LogP contribution < -0.4 is 93.5 Å². The van der Waals surface area contributed by atoms with Crippen LogP contribution in [0.4, 0.5) is 107 Å². The molecule has 0 aliphatic carbocycles. The predicted molar refractivity (Wildman–Crippen MR) is 510 cm³/mol. The smallest absolute Gasteiger partial charge is 0.412 e. The van der Waals surface area contributed by atoms with E-state index in [0.717, 1.165) is 50.6 Å². The molecule has 0 aliphatic rings. The molecule has 34 nitrogen and oxygen atoms in total. The molecule has 0 aliphatic heterocycles. The van der Waals surface area contributed by atoms with Crippen molar-refractivity contribution in [3.05, 3.63) is 256 Å². The second-order valence-electron chi connectivity index (χ2n) is 28.4. The van der Waals surface area contributed by atoms with Gasteiger partial charge in [0.15, 0.2) is 23.0 Å². The number of aryl methyl sites for hydroxylation is 5. The number of nitrogen functional groups attached to an aromatic ring is 3. The Bertz CT molecular complexity index is 5780. The fourth-order valence-electron chi connectivity index (χ4n) is 10.1. The van der Waals surface area contributed by atoms with Crippen LogP contribution in [0.5, 0.6) is 34.5 Å². The molecule has 7 aromatic carbocycles. The molecule has 15 N–H and O–H groups in total. The van der Waals surface area contributed by atoms with Crippen molar-refractivity contribution in [1.82, 2.24) is 49.8 Å². The molecular formula is C89H101Cl5N22O12. The van der Waals surface area contributed by atoms with Gasteiger partial charge in [0.05, 0.1) is 54.0 Å². The van der Waals surface area contributed by atoms with Crippen LogP contribution in [0.3, 0.4) is 0 Å². The molecule has 12 rings (SSSR count). The van der Waals surface area contributed by atoms with Gasteiger partial charge in [0.1, 0.15) is 39.6 Å². The monoisotopic (exact) mass is 1840 g/mol. The van der Waals surface area contributed by atoms with Crippen molar-refractivity contribution in [2.45, 2.75) is 87.4 Å². The largest absolute Gasteiger partial charge is 0.493 e. The number of aromatic nitrogens is 10. The maximum absolute atomic E-state index is 11.8. The highest BCUT2D eigenvalue weighted by Gasteiger charge is 2.21. The lowest BCUT2D eigenvalue weighted by atomic mass is 10.2. The highest BCUT2D eigenvalue weighted by molar-refractivity contribution is 6.32. The molecular weight excluding hydrogens is 1750 g/mol. The number of nitrogens with two attached hydrogens (primary N) is 3. The number of amides is 4. The topological polar surface area (TPSA) is 457 Å². The third-order valence-electron chi connectivity index (χ3n) is 16.0. The first-order valence-electron chi connectivity index (χ1n) is 38.3. The molecule has 674 valence electrons. The van der Waals surface area contributed by atoms with Crippen molar-refractivity contribution in [2.75, 3.05) is 108 Å². The van der Waals surface area contributed by atoms with Crippen LogP contribution in [-0.2, 0) is 19.1 Å². The summed E-state index contributed by atoms with van der Waals surface area (Å²) < 4.78 is 41.8. The summed E-state index contributed by atoms with van der Waals surface area (Å²) >= 11 is 28.3. The number of anilines is 17. The van der Waals surface area contributed by atoms with Crippen molar-refractivity contribution in [1.29, 1.82) is 0 Å². The maximum Gasteiger partial charge on any atom is 0.412 e. The molecule has 0 unspecified atom stereocenters. The Balaban J connectivity index is 0.000000238. The van der Waals surface area contributed by atoms with Crippen LogP contribution in [0.25, 0.3) is 0 Å². The summed E-state index contributed by atoms with van der Waals surface area (Å²) in [5.74, 6) is 5.45. The second kappa shape index (κ2) is 50.5. The number of halogens is 5. The first-order valence-corrected chi connectivity index (χ1v) is 40.2. The molecule has 0 saturated heterocycles. The quantitative estimate of drug-likeness (QED) is 0.0130. The number of ether oxygens (including phenoxy) is 8. The van der Waals surface area contributed by atoms with Crippen LogP contribution in [-0.4, -0.2) is 128 Å². The summed E-state index contributed by atoms with van der Waals surface area (Å²) in [6.07, 6.45) is 9.69. The summed E-state index contributed by atoms with van der Waals surface area (Å²) in [5.41, 5.74) is 28.4. The van der Waals surface area contributed by atoms with E-state index in [0.29, 0.717) is 114 Å². The fraction of sp³-hybridized carbons (Fsp3) is 0.213. The normalized spacial score (nSPS) is 10.2. The number of nitrogens with zero attached hydrogens (tertiary/aromatic N) is 10. The van der Waals surface area contributed by atoms with E-state index in [4.69, 9.17) is 113 Å². The Labute approximate surface area is 767 Å². The third-order valence-corrected chi connectivity index (χ3v) is 17.1. The van der Waals surface area contributed by atoms with Crippen molar-refractivity contribution in [3.8, 4) is 34.5 Å². The van der Waals surface area contributed by atoms with Crippen molar-refractivity contribution in [2.24, 2.45) is 0 Å². The van der Waals surface area contributed by atoms with Crippen LogP contribution in [0.15, 0.2) is 202 Å². The van der Waals surface area contributed by atoms with E-state index in [2.05, 4.69) is 111 Å². The number of hydrogen-bond acceptors (Lipinski definition) is 30. The Morgan fingerprint density at radius 3 is 1.02 bits per heavy atom. The Hall–Kier alpha value is -14.5. The standard InChI is InChI=1S/C23H25N5O4.C16H19ClN4O2.C14H13ClN4O.C11H11ClN4.C11H16N2O2.C9H13NO3.C5H4Cl2N2/c1-6-19(29)25-15-8-7-9-16(12-15)26-22-14(2)13-24-23(28-22)27-17-10-11-18(30-3)21(32-5)20(17)31-4;1-10-9-18-14(17)21-13(10)19-11-6-5-7-12(8-11)20-15(22)23-16(2,3)4;1-3-12(20)17-10-5-4-6-11(7-10)18-13-9(2)8-16-14(15)19-13;1-7-6-14-11(12)16-10(7)15-9-4-2-3-8(13)5-9;1-11(2,3)15-10(14)13-9-6-4-5-8(12)7-9;1-11-7-5-4-6(10)8(12-2)9(7)13-3;1-3-2-8-5(7)9-4(3)6/h6-13H,1H2,2-5H3,(H,25,29)(H2,24,26,27,28);5-9H,1-4H3,(H,20,22)(H,18,19,21);3-8H,1H2,2H3,(H,17,20)(H,16,18,19);2-6H,13H2,1H3,(H,14,15,16);4-7H,12H2,1-3H3,(H,13,14);4-5H,10H2,1-3H3;2H,1H3. The number of rotatable bonds is 22. The molecule has 12 aromatic rings. The van der Waals surface area contributed by atoms with Crippen LogP contribution in [0.1, 0.15) is 69.4 Å². The average molecular weight is 1850 g/mol. The van der Waals surface area contributed by atoms with Crippen LogP contribution in [0, 0.1) is 34.6 Å². The summed E-state index contributed by atoms with van der Waals surface area (Å²) in [6, 6.07) is 43.1. The van der Waals surface area contributed by atoms with E-state index in [1.807, 2.05) is 137 Å². The SMILES string of the molecule is C=CC(=O)Nc1cccc(Nc2nc(Cl)ncc2C)c1.C=CC(=O)Nc1cccc(Nc2nc(Nc3ccc(OC)c(OC)c3OC)ncc2C)c1.CC(C)(C)OC(=O)Nc1cccc(N)c1.COc1ccc(N)c(OC)c1OC.Cc1cnc(Cl)nc1Cl.Cc1cnc(Cl)nc1Nc1cccc(N)c1.Cc1cnc(Cl)nc1Nc1cccc(NC(=O)OC(C)(C)C)c1. The minimum Gasteiger partial charge on any atom is -0.493 e. The lowest BCUT2D eigenvalue weighted by molar-refractivity contribution is -0.112. The Morgan fingerprint density at radius 2 is 0.664 bits per heavy atom. The minimum atomic E-state index is -0.547. The van der Waals surface area contributed by atoms with Gasteiger partial charge in [0, 0.05) is 116 Å². The highest BCUT2D eigenvalue weighted by Crippen LogP contribution is 2.44. The average Bonchev–Trinajstić information content (AvgIpc) is 0.702. The van der Waals surface area contributed by atoms with Gasteiger partial charge in [-0.1, -0.05) is 55.1 Å². The van der Waals surface area contributed by atoms with E-state index >= 15 is 0 Å². The van der Waals surface area contributed by atoms with Gasteiger partial charge in [-0.05, 0) is 250 Å². The van der Waals surface area contributed by atoms with Gasteiger partial charge < -0.3 is 92.3 Å². The molecule has 4 amide bonds. The van der Waals surface area contributed by atoms with Gasteiger partial charge in [-0.25, -0.2) is 54.4 Å². The molecule has 5 heterocycles. The van der Waals surface area contributed by atoms with E-state index in [1.54, 1.807) is 151 Å². The predicted octanol–water partition coefficient (Wildman–Crippen LogP) is 21.0. The molecule has 0 spiro atoms. The van der Waals surface area contributed by atoms with Gasteiger partial charge in [-0.2, -0.15) is 4.98 Å². The summed E-state index contributed by atoms with van der Waals surface area (Å²) in [7, 11) is 9.29. The second-order valence-corrected chi connectivity index (χ2v) is 30.1. The van der Waals surface area contributed by atoms with E-state index in [1.165, 1.54) is 19.3 Å². The number of nitrogens with one attached hydrogen (secondary N) is 9. The molecule has 0 saturated carbocycles. The lowest BCUT2D eigenvalue weighted by Crippen LogP contribution is -2.27. The summed E-state index contributed by atoms with van der Waals surface area (Å²) in [5, 5.41) is 27.7. The Morgan fingerprint density at radius 1 is 0.352 bits per heavy atom. The number of carbonyl (C=O) groups excluding carboxylic acids is 4. The molecule has 0 fully saturated rings. The van der Waals surface area contributed by atoms with Crippen LogP contribution in [0.2, 0.25) is 26.3 Å². The fourth-order valence-corrected chi connectivity index (χ4v) is 10.9. The van der Waals surface area contributed by atoms with Crippen molar-refractivity contribution >= 4 is 179 Å². The molecule has 0 atom stereocenters.